The first-order valence-electron chi connectivity index (χ1n) is 5.77. The fraction of sp³-hybridized carbons (Fsp3) is 0.333. The Morgan fingerprint density at radius 3 is 3.00 bits per heavy atom. The van der Waals surface area contributed by atoms with Gasteiger partial charge in [0.15, 0.2) is 0 Å². The number of phenols is 1. The molecule has 0 spiro atoms. The van der Waals surface area contributed by atoms with Gasteiger partial charge in [-0.2, -0.15) is 4.98 Å². The Bertz CT molecular complexity index is 610. The fourth-order valence-corrected chi connectivity index (χ4v) is 2.96. The van der Waals surface area contributed by atoms with E-state index >= 15 is 0 Å². The molecule has 0 saturated carbocycles. The molecule has 3 N–H and O–H groups in total. The number of hydrogen-bond acceptors (Lipinski definition) is 5. The quantitative estimate of drug-likeness (QED) is 0.888. The summed E-state index contributed by atoms with van der Waals surface area (Å²) in [7, 11) is 0. The molecule has 2 aromatic rings. The predicted octanol–water partition coefficient (Wildman–Crippen LogP) is 2.15. The van der Waals surface area contributed by atoms with Crippen LogP contribution in [0.5, 0.6) is 5.75 Å². The summed E-state index contributed by atoms with van der Waals surface area (Å²) < 4.78 is 5.71. The van der Waals surface area contributed by atoms with Gasteiger partial charge in [0.1, 0.15) is 5.75 Å². The number of halogens is 1. The fourth-order valence-electron chi connectivity index (χ4n) is 2.30. The molecule has 0 unspecified atom stereocenters. The number of aromatic hydroxyl groups is 1. The Labute approximate surface area is 112 Å². The molecule has 1 aliphatic carbocycles. The lowest BCUT2D eigenvalue weighted by Gasteiger charge is -2.08. The molecule has 0 aliphatic heterocycles. The average molecular weight is 310 g/mol. The number of rotatable bonds is 2. The standard InChI is InChI=1S/C12H12BrN3O2/c13-10-7-3-1-2-6(7)4-8(11(10)17)12-15-9(5-14)18-16-12/h4,17H,1-3,5,14H2. The summed E-state index contributed by atoms with van der Waals surface area (Å²) >= 11 is 3.44. The van der Waals surface area contributed by atoms with E-state index in [9.17, 15) is 5.11 Å². The molecular weight excluding hydrogens is 298 g/mol. The second-order valence-electron chi connectivity index (χ2n) is 4.29. The zero-order valence-corrected chi connectivity index (χ0v) is 11.2. The van der Waals surface area contributed by atoms with Crippen LogP contribution in [-0.2, 0) is 19.4 Å². The zero-order valence-electron chi connectivity index (χ0n) is 9.61. The van der Waals surface area contributed by atoms with E-state index in [4.69, 9.17) is 10.3 Å². The van der Waals surface area contributed by atoms with Crippen molar-refractivity contribution in [3.8, 4) is 17.1 Å². The highest BCUT2D eigenvalue weighted by Gasteiger charge is 2.22. The molecule has 0 amide bonds. The van der Waals surface area contributed by atoms with E-state index in [0.717, 1.165) is 23.7 Å². The van der Waals surface area contributed by atoms with Crippen molar-refractivity contribution in [1.29, 1.82) is 0 Å². The molecule has 18 heavy (non-hydrogen) atoms. The van der Waals surface area contributed by atoms with E-state index in [1.807, 2.05) is 6.07 Å². The molecular formula is C12H12BrN3O2. The summed E-state index contributed by atoms with van der Waals surface area (Å²) in [6, 6.07) is 1.94. The van der Waals surface area contributed by atoms with Crippen molar-refractivity contribution < 1.29 is 9.63 Å². The number of benzene rings is 1. The molecule has 1 aromatic carbocycles. The molecule has 6 heteroatoms. The third kappa shape index (κ3) is 1.72. The van der Waals surface area contributed by atoms with Gasteiger partial charge in [-0.15, -0.1) is 0 Å². The monoisotopic (exact) mass is 309 g/mol. The number of aryl methyl sites for hydroxylation is 1. The van der Waals surface area contributed by atoms with E-state index in [2.05, 4.69) is 26.1 Å². The van der Waals surface area contributed by atoms with Crippen LogP contribution >= 0.6 is 15.9 Å². The normalized spacial score (nSPS) is 13.9. The third-order valence-electron chi connectivity index (χ3n) is 3.19. The van der Waals surface area contributed by atoms with Gasteiger partial charge in [-0.25, -0.2) is 0 Å². The van der Waals surface area contributed by atoms with Crippen molar-refractivity contribution in [3.05, 3.63) is 27.6 Å². The van der Waals surface area contributed by atoms with Crippen LogP contribution in [0.1, 0.15) is 23.4 Å². The van der Waals surface area contributed by atoms with Gasteiger partial charge in [-0.05, 0) is 52.4 Å². The van der Waals surface area contributed by atoms with Crippen LogP contribution in [0.2, 0.25) is 0 Å². The van der Waals surface area contributed by atoms with Crippen molar-refractivity contribution in [2.45, 2.75) is 25.8 Å². The topological polar surface area (TPSA) is 85.2 Å². The summed E-state index contributed by atoms with van der Waals surface area (Å²) in [5.41, 5.74) is 8.43. The lowest BCUT2D eigenvalue weighted by Crippen LogP contribution is -1.96. The summed E-state index contributed by atoms with van der Waals surface area (Å²) in [5.74, 6) is 0.907. The zero-order chi connectivity index (χ0) is 12.7. The van der Waals surface area contributed by atoms with Crippen LogP contribution in [-0.4, -0.2) is 15.2 Å². The van der Waals surface area contributed by atoms with E-state index in [0.29, 0.717) is 17.3 Å². The first kappa shape index (κ1) is 11.7. The Morgan fingerprint density at radius 2 is 2.28 bits per heavy atom. The Morgan fingerprint density at radius 1 is 1.44 bits per heavy atom. The van der Waals surface area contributed by atoms with Crippen LogP contribution in [0, 0.1) is 0 Å². The molecule has 1 heterocycles. The lowest BCUT2D eigenvalue weighted by atomic mass is 10.0. The minimum atomic E-state index is 0.167. The molecule has 1 aliphatic rings. The molecule has 0 atom stereocenters. The first-order chi connectivity index (χ1) is 8.70. The minimum Gasteiger partial charge on any atom is -0.506 e. The SMILES string of the molecule is NCc1nc(-c2cc3c(c(Br)c2O)CCC3)no1. The van der Waals surface area contributed by atoms with Gasteiger partial charge < -0.3 is 15.4 Å². The molecule has 0 fully saturated rings. The Hall–Kier alpha value is -1.40. The van der Waals surface area contributed by atoms with Crippen LogP contribution in [0.4, 0.5) is 0 Å². The van der Waals surface area contributed by atoms with Crippen LogP contribution in [0.25, 0.3) is 11.4 Å². The van der Waals surface area contributed by atoms with Gasteiger partial charge in [0.2, 0.25) is 11.7 Å². The maximum absolute atomic E-state index is 10.2. The number of phenolic OH excluding ortho intramolecular Hbond substituents is 1. The summed E-state index contributed by atoms with van der Waals surface area (Å²) in [4.78, 5) is 4.14. The van der Waals surface area contributed by atoms with Crippen molar-refractivity contribution in [2.75, 3.05) is 0 Å². The van der Waals surface area contributed by atoms with Crippen LogP contribution in [0.15, 0.2) is 15.1 Å². The van der Waals surface area contributed by atoms with Crippen molar-refractivity contribution in [3.63, 3.8) is 0 Å². The largest absolute Gasteiger partial charge is 0.506 e. The van der Waals surface area contributed by atoms with Gasteiger partial charge in [-0.3, -0.25) is 0 Å². The van der Waals surface area contributed by atoms with Crippen molar-refractivity contribution in [2.24, 2.45) is 5.73 Å². The smallest absolute Gasteiger partial charge is 0.240 e. The highest BCUT2D eigenvalue weighted by molar-refractivity contribution is 9.10. The molecule has 5 nitrogen and oxygen atoms in total. The molecule has 1 aromatic heterocycles. The van der Waals surface area contributed by atoms with Crippen LogP contribution < -0.4 is 5.73 Å². The predicted molar refractivity (Wildman–Crippen MR) is 69.0 cm³/mol. The molecule has 3 rings (SSSR count). The van der Waals surface area contributed by atoms with Gasteiger partial charge in [0.25, 0.3) is 0 Å². The Kier molecular flexibility index (Phi) is 2.83. The first-order valence-corrected chi connectivity index (χ1v) is 6.56. The highest BCUT2D eigenvalue weighted by Crippen LogP contribution is 2.41. The van der Waals surface area contributed by atoms with Gasteiger partial charge in [-0.1, -0.05) is 5.16 Å². The average Bonchev–Trinajstić information content (AvgIpc) is 3.01. The summed E-state index contributed by atoms with van der Waals surface area (Å²) in [6.07, 6.45) is 3.12. The van der Waals surface area contributed by atoms with Gasteiger partial charge in [0, 0.05) is 0 Å². The van der Waals surface area contributed by atoms with Crippen molar-refractivity contribution in [1.82, 2.24) is 10.1 Å². The maximum atomic E-state index is 10.2. The summed E-state index contributed by atoms with van der Waals surface area (Å²) in [6.45, 7) is 0.194. The number of aromatic nitrogens is 2. The minimum absolute atomic E-state index is 0.167. The number of nitrogens with two attached hydrogens (primary N) is 1. The van der Waals surface area contributed by atoms with Gasteiger partial charge in [0.05, 0.1) is 16.6 Å². The molecule has 0 bridgehead atoms. The number of fused-ring (bicyclic) bond motifs is 1. The van der Waals surface area contributed by atoms with E-state index in [1.54, 1.807) is 0 Å². The molecule has 0 radical (unpaired) electrons. The second-order valence-corrected chi connectivity index (χ2v) is 5.09. The van der Waals surface area contributed by atoms with E-state index < -0.39 is 0 Å². The van der Waals surface area contributed by atoms with Crippen LogP contribution in [0.3, 0.4) is 0 Å². The Balaban J connectivity index is 2.15. The number of nitrogens with zero attached hydrogens (tertiary/aromatic N) is 2. The highest BCUT2D eigenvalue weighted by atomic mass is 79.9. The molecule has 0 saturated heterocycles. The van der Waals surface area contributed by atoms with E-state index in [1.165, 1.54) is 11.1 Å². The third-order valence-corrected chi connectivity index (χ3v) is 4.04. The second kappa shape index (κ2) is 4.37. The lowest BCUT2D eigenvalue weighted by molar-refractivity contribution is 0.380. The summed E-state index contributed by atoms with van der Waals surface area (Å²) in [5, 5.41) is 14.0. The van der Waals surface area contributed by atoms with E-state index in [-0.39, 0.29) is 12.3 Å². The maximum Gasteiger partial charge on any atom is 0.240 e. The van der Waals surface area contributed by atoms with Gasteiger partial charge >= 0.3 is 0 Å². The molecule has 94 valence electrons. The van der Waals surface area contributed by atoms with Crippen molar-refractivity contribution >= 4 is 15.9 Å². The number of hydrogen-bond donors (Lipinski definition) is 2.